The first-order chi connectivity index (χ1) is 12.4. The molecule has 2 N–H and O–H groups in total. The number of nitrogens with zero attached hydrogens (tertiary/aromatic N) is 3. The summed E-state index contributed by atoms with van der Waals surface area (Å²) in [4.78, 5) is 19.6. The van der Waals surface area contributed by atoms with Crippen LogP contribution in [0.1, 0.15) is 40.4 Å². The van der Waals surface area contributed by atoms with Crippen molar-refractivity contribution in [3.05, 3.63) is 34.9 Å². The number of aromatic nitrogens is 2. The molecule has 1 saturated heterocycles. The van der Waals surface area contributed by atoms with Crippen molar-refractivity contribution in [3.63, 3.8) is 0 Å². The highest BCUT2D eigenvalue weighted by atomic mass is 16.5. The monoisotopic (exact) mass is 354 g/mol. The topological polar surface area (TPSA) is 98.4 Å². The van der Waals surface area contributed by atoms with E-state index in [1.54, 1.807) is 0 Å². The molecular formula is C19H22N4O3. The zero-order chi connectivity index (χ0) is 18.4. The van der Waals surface area contributed by atoms with Crippen molar-refractivity contribution in [1.29, 1.82) is 0 Å². The number of furan rings is 1. The van der Waals surface area contributed by atoms with Crippen molar-refractivity contribution >= 4 is 17.0 Å². The fourth-order valence-corrected chi connectivity index (χ4v) is 3.56. The molecule has 1 fully saturated rings. The van der Waals surface area contributed by atoms with Gasteiger partial charge in [0.2, 0.25) is 0 Å². The van der Waals surface area contributed by atoms with Crippen molar-refractivity contribution in [1.82, 2.24) is 15.0 Å². The predicted molar refractivity (Wildman–Crippen MR) is 96.8 cm³/mol. The van der Waals surface area contributed by atoms with Crippen LogP contribution in [0.15, 0.2) is 21.1 Å². The number of fused-ring (bicyclic) bond motifs is 1. The van der Waals surface area contributed by atoms with E-state index >= 15 is 0 Å². The first-order valence-electron chi connectivity index (χ1n) is 8.83. The Kier molecular flexibility index (Phi) is 4.03. The third-order valence-electron chi connectivity index (χ3n) is 4.99. The molecule has 0 radical (unpaired) electrons. The SMILES string of the molecule is Cc1cc(-c2cc(C(=O)N3CCC(N)CC3)c3c(C)noc3n2)c(C)o1. The molecule has 3 aromatic rings. The van der Waals surface area contributed by atoms with E-state index in [-0.39, 0.29) is 11.9 Å². The van der Waals surface area contributed by atoms with Gasteiger partial charge >= 0.3 is 0 Å². The zero-order valence-electron chi connectivity index (χ0n) is 15.2. The van der Waals surface area contributed by atoms with Crippen LogP contribution in [0.3, 0.4) is 0 Å². The molecule has 136 valence electrons. The highest BCUT2D eigenvalue weighted by Crippen LogP contribution is 2.31. The summed E-state index contributed by atoms with van der Waals surface area (Å²) >= 11 is 0. The molecule has 1 aliphatic heterocycles. The zero-order valence-corrected chi connectivity index (χ0v) is 15.2. The van der Waals surface area contributed by atoms with Gasteiger partial charge in [-0.05, 0) is 45.7 Å². The normalized spacial score (nSPS) is 15.8. The highest BCUT2D eigenvalue weighted by Gasteiger charge is 2.26. The molecule has 0 aliphatic carbocycles. The van der Waals surface area contributed by atoms with E-state index in [1.807, 2.05) is 37.8 Å². The van der Waals surface area contributed by atoms with E-state index in [2.05, 4.69) is 10.1 Å². The molecule has 7 nitrogen and oxygen atoms in total. The van der Waals surface area contributed by atoms with Gasteiger partial charge in [0.1, 0.15) is 11.5 Å². The molecule has 0 aromatic carbocycles. The highest BCUT2D eigenvalue weighted by molar-refractivity contribution is 6.07. The number of carbonyl (C=O) groups excluding carboxylic acids is 1. The van der Waals surface area contributed by atoms with Crippen LogP contribution < -0.4 is 5.73 Å². The Morgan fingerprint density at radius 3 is 2.62 bits per heavy atom. The van der Waals surface area contributed by atoms with Crippen LogP contribution in [0.4, 0.5) is 0 Å². The second-order valence-electron chi connectivity index (χ2n) is 6.96. The van der Waals surface area contributed by atoms with Crippen LogP contribution in [0.25, 0.3) is 22.4 Å². The molecule has 0 bridgehead atoms. The lowest BCUT2D eigenvalue weighted by molar-refractivity contribution is 0.0716. The standard InChI is InChI=1S/C19H22N4O3/c1-10-8-14(12(3)25-10)16-9-15(17-11(2)22-26-18(17)21-16)19(24)23-6-4-13(20)5-7-23/h8-9,13H,4-7,20H2,1-3H3. The molecule has 4 heterocycles. The van der Waals surface area contributed by atoms with Gasteiger partial charge in [-0.2, -0.15) is 0 Å². The molecule has 1 aliphatic rings. The summed E-state index contributed by atoms with van der Waals surface area (Å²) in [6, 6.07) is 3.91. The van der Waals surface area contributed by atoms with Gasteiger partial charge in [0.05, 0.1) is 22.3 Å². The first-order valence-corrected chi connectivity index (χ1v) is 8.83. The van der Waals surface area contributed by atoms with Crippen molar-refractivity contribution < 1.29 is 13.7 Å². The number of piperidine rings is 1. The molecule has 1 amide bonds. The van der Waals surface area contributed by atoms with E-state index in [4.69, 9.17) is 14.7 Å². The van der Waals surface area contributed by atoms with Crippen LogP contribution in [0.5, 0.6) is 0 Å². The Hall–Kier alpha value is -2.67. The number of pyridine rings is 1. The second kappa shape index (κ2) is 6.25. The number of hydrogen-bond donors (Lipinski definition) is 1. The van der Waals surface area contributed by atoms with E-state index < -0.39 is 0 Å². The average Bonchev–Trinajstić information content (AvgIpc) is 3.16. The average molecular weight is 354 g/mol. The van der Waals surface area contributed by atoms with Crippen molar-refractivity contribution in [2.45, 2.75) is 39.7 Å². The maximum absolute atomic E-state index is 13.2. The van der Waals surface area contributed by atoms with Crippen LogP contribution >= 0.6 is 0 Å². The van der Waals surface area contributed by atoms with Crippen molar-refractivity contribution in [3.8, 4) is 11.3 Å². The minimum absolute atomic E-state index is 0.0327. The fourth-order valence-electron chi connectivity index (χ4n) is 3.56. The molecule has 7 heteroatoms. The minimum Gasteiger partial charge on any atom is -0.466 e. The van der Waals surface area contributed by atoms with E-state index in [9.17, 15) is 4.79 Å². The molecule has 0 spiro atoms. The van der Waals surface area contributed by atoms with Gasteiger partial charge in [-0.25, -0.2) is 4.98 Å². The maximum Gasteiger partial charge on any atom is 0.259 e. The smallest absolute Gasteiger partial charge is 0.259 e. The number of aryl methyl sites for hydroxylation is 3. The lowest BCUT2D eigenvalue weighted by Crippen LogP contribution is -2.42. The Labute approximate surface area is 151 Å². The molecule has 0 atom stereocenters. The number of amides is 1. The summed E-state index contributed by atoms with van der Waals surface area (Å²) in [5.41, 5.74) is 9.08. The van der Waals surface area contributed by atoms with Gasteiger partial charge < -0.3 is 19.6 Å². The Bertz CT molecular complexity index is 980. The molecular weight excluding hydrogens is 332 g/mol. The first kappa shape index (κ1) is 16.8. The van der Waals surface area contributed by atoms with Crippen LogP contribution in [0, 0.1) is 20.8 Å². The lowest BCUT2D eigenvalue weighted by Gasteiger charge is -2.30. The van der Waals surface area contributed by atoms with Gasteiger partial charge in [-0.1, -0.05) is 5.16 Å². The minimum atomic E-state index is -0.0327. The van der Waals surface area contributed by atoms with Crippen LogP contribution in [-0.2, 0) is 0 Å². The summed E-state index contributed by atoms with van der Waals surface area (Å²) in [6.07, 6.45) is 1.63. The van der Waals surface area contributed by atoms with Gasteiger partial charge in [0.15, 0.2) is 0 Å². The van der Waals surface area contributed by atoms with Crippen molar-refractivity contribution in [2.24, 2.45) is 5.73 Å². The van der Waals surface area contributed by atoms with E-state index in [0.717, 1.165) is 29.9 Å². The molecule has 3 aromatic heterocycles. The fraction of sp³-hybridized carbons (Fsp3) is 0.421. The van der Waals surface area contributed by atoms with Gasteiger partial charge in [0.25, 0.3) is 11.6 Å². The molecule has 26 heavy (non-hydrogen) atoms. The number of rotatable bonds is 2. The third-order valence-corrected chi connectivity index (χ3v) is 4.99. The number of nitrogens with two attached hydrogens (primary N) is 1. The summed E-state index contributed by atoms with van der Waals surface area (Å²) < 4.78 is 11.0. The van der Waals surface area contributed by atoms with Crippen molar-refractivity contribution in [2.75, 3.05) is 13.1 Å². The maximum atomic E-state index is 13.2. The summed E-state index contributed by atoms with van der Waals surface area (Å²) in [7, 11) is 0. The Morgan fingerprint density at radius 2 is 1.96 bits per heavy atom. The van der Waals surface area contributed by atoms with Crippen LogP contribution in [-0.4, -0.2) is 40.1 Å². The number of carbonyl (C=O) groups is 1. The predicted octanol–water partition coefficient (Wildman–Crippen LogP) is 2.97. The quantitative estimate of drug-likeness (QED) is 0.760. The lowest BCUT2D eigenvalue weighted by atomic mass is 10.0. The number of likely N-dealkylation sites (tertiary alicyclic amines) is 1. The second-order valence-corrected chi connectivity index (χ2v) is 6.96. The summed E-state index contributed by atoms with van der Waals surface area (Å²) in [6.45, 7) is 6.91. The number of hydrogen-bond acceptors (Lipinski definition) is 6. The molecule has 0 unspecified atom stereocenters. The third kappa shape index (κ3) is 2.78. The Balaban J connectivity index is 1.83. The van der Waals surface area contributed by atoms with E-state index in [1.165, 1.54) is 0 Å². The molecule has 0 saturated carbocycles. The summed E-state index contributed by atoms with van der Waals surface area (Å²) in [5, 5.41) is 4.68. The summed E-state index contributed by atoms with van der Waals surface area (Å²) in [5.74, 6) is 1.52. The molecule has 4 rings (SSSR count). The van der Waals surface area contributed by atoms with Gasteiger partial charge in [0, 0.05) is 24.7 Å². The van der Waals surface area contributed by atoms with Gasteiger partial charge in [-0.15, -0.1) is 0 Å². The van der Waals surface area contributed by atoms with Crippen LogP contribution in [0.2, 0.25) is 0 Å². The van der Waals surface area contributed by atoms with Gasteiger partial charge in [-0.3, -0.25) is 4.79 Å². The Morgan fingerprint density at radius 1 is 1.23 bits per heavy atom. The largest absolute Gasteiger partial charge is 0.466 e. The van der Waals surface area contributed by atoms with E-state index in [0.29, 0.717) is 41.1 Å².